The van der Waals surface area contributed by atoms with E-state index in [-0.39, 0.29) is 90.8 Å². The number of nitrogens with one attached hydrogen (secondary N) is 3. The number of hydrogen-bond acceptors (Lipinski definition) is 14. The first-order valence-electron chi connectivity index (χ1n) is 39.9. The topological polar surface area (TPSA) is 233 Å². The Morgan fingerprint density at radius 1 is 0.454 bits per heavy atom. The van der Waals surface area contributed by atoms with Crippen LogP contribution in [0.25, 0.3) is 0 Å². The molecular weight excluding hydrogens is 1360 g/mol. The van der Waals surface area contributed by atoms with Gasteiger partial charge in [0.05, 0.1) is 117 Å². The van der Waals surface area contributed by atoms with Crippen molar-refractivity contribution < 1.29 is 68.0 Å². The SMILES string of the molecule is C=C1C[C@H](C)C[C@@H]2CC=C[C@@H](C/C=C\C(=O)N[C@H](C/C=C/[C@@H]3CC(C)=CCO3)C/C=C/[C@@H](O)C1)O2.C=C1C[C@H](C)C[C@@H]2CC=C[C@@H](C/C=C\C(=O)N[C@H]([C@@H](O)/C=C/[C@@H]3CC(C)=CCO3)C/C=C/[C@@H](O)C1)O2.C=C1C[C@H](C)C[C@@H]2CC=C[C@@H](C/C=C\C(=O)N[C@H]([C@H](/C=C/[C@@H]3CC(C)=CCO3)OC)C/C=C/[C@@H](O)C1)O2. The Morgan fingerprint density at radius 3 is 1.22 bits per heavy atom. The highest BCUT2D eigenvalue weighted by molar-refractivity contribution is 5.88. The first kappa shape index (κ1) is 88.5. The number of carbonyl (C=O) groups is 3. The lowest BCUT2D eigenvalue weighted by Gasteiger charge is -2.28. The maximum atomic E-state index is 12.8. The fraction of sp³-hybridized carbons (Fsp3) is 0.571. The van der Waals surface area contributed by atoms with E-state index < -0.39 is 30.5 Å². The minimum absolute atomic E-state index is 0.00331. The third-order valence-corrected chi connectivity index (χ3v) is 20.6. The summed E-state index contributed by atoms with van der Waals surface area (Å²) in [6.45, 7) is 27.3. The van der Waals surface area contributed by atoms with E-state index in [1.54, 1.807) is 37.5 Å². The van der Waals surface area contributed by atoms with Crippen LogP contribution in [0.3, 0.4) is 0 Å². The zero-order valence-electron chi connectivity index (χ0n) is 65.8. The van der Waals surface area contributed by atoms with Crippen molar-refractivity contribution in [3.05, 3.63) is 217 Å². The van der Waals surface area contributed by atoms with Gasteiger partial charge in [-0.1, -0.05) is 220 Å². The van der Waals surface area contributed by atoms with Crippen molar-refractivity contribution in [1.29, 1.82) is 0 Å². The molecule has 7 N–H and O–H groups in total. The summed E-state index contributed by atoms with van der Waals surface area (Å²) in [6, 6.07) is -0.914. The van der Waals surface area contributed by atoms with Gasteiger partial charge in [-0.05, 0) is 198 Å². The Hall–Kier alpha value is -6.71. The number of ether oxygens (including phenoxy) is 7. The maximum Gasteiger partial charge on any atom is 0.243 e. The van der Waals surface area contributed by atoms with Gasteiger partial charge in [0.2, 0.25) is 17.7 Å². The van der Waals surface area contributed by atoms with Gasteiger partial charge in [0.1, 0.15) is 0 Å². The zero-order chi connectivity index (χ0) is 77.6. The molecule has 9 rings (SSSR count). The molecule has 0 saturated heterocycles. The van der Waals surface area contributed by atoms with Crippen molar-refractivity contribution >= 4 is 17.7 Å². The van der Waals surface area contributed by atoms with Crippen molar-refractivity contribution in [3.63, 3.8) is 0 Å². The number of fused-ring (bicyclic) bond motifs is 6. The second-order valence-electron chi connectivity index (χ2n) is 31.4. The molecule has 20 atom stereocenters. The predicted octanol–water partition coefficient (Wildman–Crippen LogP) is 15.1. The summed E-state index contributed by atoms with van der Waals surface area (Å²) in [5.41, 5.74) is 7.02. The van der Waals surface area contributed by atoms with E-state index in [1.807, 2.05) is 60.8 Å². The lowest BCUT2D eigenvalue weighted by atomic mass is 9.91. The number of methoxy groups -OCH3 is 1. The van der Waals surface area contributed by atoms with Crippen molar-refractivity contribution in [1.82, 2.24) is 16.0 Å². The minimum Gasteiger partial charge on any atom is -0.389 e. The van der Waals surface area contributed by atoms with E-state index in [0.717, 1.165) is 93.8 Å². The smallest absolute Gasteiger partial charge is 0.243 e. The first-order valence-corrected chi connectivity index (χ1v) is 39.9. The lowest BCUT2D eigenvalue weighted by molar-refractivity contribution is -0.118. The molecule has 0 spiro atoms. The molecule has 0 aliphatic carbocycles. The molecular formula is C91H131N3O14. The largest absolute Gasteiger partial charge is 0.389 e. The molecule has 0 saturated carbocycles. The van der Waals surface area contributed by atoms with Crippen LogP contribution in [-0.2, 0) is 47.5 Å². The summed E-state index contributed by atoms with van der Waals surface area (Å²) in [7, 11) is 1.64. The highest BCUT2D eigenvalue weighted by atomic mass is 16.5. The van der Waals surface area contributed by atoms with Gasteiger partial charge in [-0.3, -0.25) is 14.4 Å². The predicted molar refractivity (Wildman–Crippen MR) is 433 cm³/mol. The fourth-order valence-electron chi connectivity index (χ4n) is 15.1. The molecule has 0 radical (unpaired) electrons. The summed E-state index contributed by atoms with van der Waals surface area (Å²) in [4.78, 5) is 38.1. The molecule has 3 amide bonds. The second-order valence-corrected chi connectivity index (χ2v) is 31.4. The van der Waals surface area contributed by atoms with Crippen LogP contribution in [0.2, 0.25) is 0 Å². The maximum absolute atomic E-state index is 12.8. The number of amides is 3. The van der Waals surface area contributed by atoms with Gasteiger partial charge in [-0.2, -0.15) is 0 Å². The summed E-state index contributed by atoms with van der Waals surface area (Å²) in [6.07, 6.45) is 65.9. The molecule has 9 aliphatic heterocycles. The Balaban J connectivity index is 0.000000226. The molecule has 9 aliphatic rings. The Morgan fingerprint density at radius 2 is 0.815 bits per heavy atom. The molecule has 0 aromatic rings. The zero-order valence-corrected chi connectivity index (χ0v) is 65.8. The Labute approximate surface area is 646 Å². The number of hydrogen-bond donors (Lipinski definition) is 7. The third kappa shape index (κ3) is 36.0. The van der Waals surface area contributed by atoms with Gasteiger partial charge in [0, 0.05) is 13.2 Å². The monoisotopic (exact) mass is 1490 g/mol. The van der Waals surface area contributed by atoms with E-state index in [9.17, 15) is 34.8 Å². The summed E-state index contributed by atoms with van der Waals surface area (Å²) in [5, 5.41) is 51.6. The van der Waals surface area contributed by atoms with Crippen LogP contribution in [0.5, 0.6) is 0 Å². The van der Waals surface area contributed by atoms with Gasteiger partial charge in [-0.25, -0.2) is 0 Å². The van der Waals surface area contributed by atoms with Crippen LogP contribution in [0, 0.1) is 17.8 Å². The fourth-order valence-corrected chi connectivity index (χ4v) is 15.1. The molecule has 17 heteroatoms. The Kier molecular flexibility index (Phi) is 40.0. The average molecular weight is 1490 g/mol. The van der Waals surface area contributed by atoms with Crippen molar-refractivity contribution in [3.8, 4) is 0 Å². The van der Waals surface area contributed by atoms with Crippen molar-refractivity contribution in [2.24, 2.45) is 17.8 Å². The van der Waals surface area contributed by atoms with Crippen LogP contribution in [0.1, 0.15) is 183 Å². The van der Waals surface area contributed by atoms with Crippen LogP contribution in [0.15, 0.2) is 217 Å². The van der Waals surface area contributed by atoms with Gasteiger partial charge >= 0.3 is 0 Å². The molecule has 9 heterocycles. The standard InChI is InChI=1S/C31H45NO5.C30H43NO5.C30H43NO4/c1-22-16-17-36-27(20-22)14-15-30(35-4)29-12-5-8-25(33)19-23(2)18-24(3)21-28-11-6-9-26(37-28)10-7-13-31(34)32-29;1-21-15-16-35-26(19-21)13-14-29(33)28-11-4-7-24(32)18-22(2)17-23(3)20-27-10-5-8-25(36-27)9-6-12-30(34)31-28;1-22-16-17-34-28(20-22)13-5-9-25-8-4-10-26(32)19-23(2)18-24(3)21-29-14-6-11-27(35-29)12-7-15-30(33)31-25/h5-9,13-16,24-30,33H,2,10-12,17-21H2,1,3-4H3,(H,32,34);4-8,12-15,23-29,32-33H,2,9-11,16-20H2,1,3H3,(H,31,34);4-7,10-11,13,15-16,24-29,32H,2,8-9,12,14,17-21H2,1,3H3,(H,31,33)/b8-5+,13-7-,15-14+;7-4+,12-6-,14-13+;10-4+,13-5+,15-7-/t24-,25+,26-,27+,28-,29-,30-;23-,24+,25-,26+,27-,28-,29-;24-,25-,26+,27-,28+,29-/m000/s1. The minimum atomic E-state index is -0.897. The van der Waals surface area contributed by atoms with Crippen LogP contribution < -0.4 is 16.0 Å². The van der Waals surface area contributed by atoms with E-state index in [0.29, 0.717) is 102 Å². The first-order chi connectivity index (χ1) is 52.0. The third-order valence-electron chi connectivity index (χ3n) is 20.6. The molecule has 0 unspecified atom stereocenters. The second kappa shape index (κ2) is 48.8. The normalized spacial score (nSPS) is 35.5. The van der Waals surface area contributed by atoms with E-state index in [4.69, 9.17) is 33.2 Å². The number of aliphatic hydroxyl groups excluding tert-OH is 4. The molecule has 6 bridgehead atoms. The quantitative estimate of drug-likeness (QED) is 0.101. The summed E-state index contributed by atoms with van der Waals surface area (Å²) < 4.78 is 41.8. The van der Waals surface area contributed by atoms with E-state index in [2.05, 4.69) is 144 Å². The number of carbonyl (C=O) groups excluding carboxylic acids is 3. The average Bonchev–Trinajstić information content (AvgIpc) is 0.894. The van der Waals surface area contributed by atoms with E-state index in [1.165, 1.54) is 22.8 Å². The van der Waals surface area contributed by atoms with Gasteiger partial charge in [-0.15, -0.1) is 0 Å². The lowest BCUT2D eigenvalue weighted by Crippen LogP contribution is -2.42. The molecule has 0 aromatic carbocycles. The summed E-state index contributed by atoms with van der Waals surface area (Å²) >= 11 is 0. The highest BCUT2D eigenvalue weighted by Gasteiger charge is 2.27. The molecule has 17 nitrogen and oxygen atoms in total. The molecule has 108 heavy (non-hydrogen) atoms. The van der Waals surface area contributed by atoms with Gasteiger partial charge in [0.25, 0.3) is 0 Å². The Bertz CT molecular complexity index is 3320. The molecule has 0 aromatic heterocycles. The van der Waals surface area contributed by atoms with E-state index >= 15 is 0 Å². The molecule has 594 valence electrons. The number of rotatable bonds is 10. The molecule has 0 fully saturated rings. The van der Waals surface area contributed by atoms with Crippen molar-refractivity contribution in [2.75, 3.05) is 26.9 Å². The van der Waals surface area contributed by atoms with Crippen molar-refractivity contribution in [2.45, 2.75) is 286 Å². The summed E-state index contributed by atoms with van der Waals surface area (Å²) in [5.74, 6) is 0.719. The highest BCUT2D eigenvalue weighted by Crippen LogP contribution is 2.30. The van der Waals surface area contributed by atoms with Crippen LogP contribution in [0.4, 0.5) is 0 Å². The number of aliphatic hydroxyl groups is 4. The van der Waals surface area contributed by atoms with Gasteiger partial charge in [0.15, 0.2) is 0 Å². The van der Waals surface area contributed by atoms with Crippen LogP contribution in [-0.4, -0.2) is 169 Å². The van der Waals surface area contributed by atoms with Gasteiger partial charge < -0.3 is 69.5 Å². The van der Waals surface area contributed by atoms with Crippen LogP contribution >= 0.6 is 0 Å².